The zero-order valence-corrected chi connectivity index (χ0v) is 17.2. The smallest absolute Gasteiger partial charge is 0.342 e. The van der Waals surface area contributed by atoms with Crippen molar-refractivity contribution in [3.05, 3.63) is 29.3 Å². The second kappa shape index (κ2) is 9.29. The van der Waals surface area contributed by atoms with E-state index in [4.69, 9.17) is 5.73 Å². The number of amides is 2. The number of carbonyl (C=O) groups excluding carboxylic acids is 2. The Hall–Kier alpha value is -2.30. The first-order valence-corrected chi connectivity index (χ1v) is 10.5. The fourth-order valence-electron chi connectivity index (χ4n) is 4.43. The van der Waals surface area contributed by atoms with E-state index in [-0.39, 0.29) is 36.3 Å². The summed E-state index contributed by atoms with van der Waals surface area (Å²) in [5, 5.41) is 2.09. The summed E-state index contributed by atoms with van der Waals surface area (Å²) in [7, 11) is 0. The Labute approximate surface area is 181 Å². The number of nitrogens with one attached hydrogen (secondary N) is 1. The molecule has 2 amide bonds. The van der Waals surface area contributed by atoms with Crippen LogP contribution in [0, 0.1) is 11.8 Å². The zero-order chi connectivity index (χ0) is 23.7. The average Bonchev–Trinajstić information content (AvgIpc) is 3.14. The minimum Gasteiger partial charge on any atom is -0.342 e. The second-order valence-electron chi connectivity index (χ2n) is 8.50. The van der Waals surface area contributed by atoms with E-state index in [2.05, 4.69) is 5.32 Å². The van der Waals surface area contributed by atoms with Crippen LogP contribution in [0.2, 0.25) is 0 Å². The molecule has 1 aromatic rings. The SMILES string of the molecule is N[C@@H]1CCCC[C@@H]1C(=O)N1CCC(CC(=O)Nc2ccc(C(F)(F)F)cc2C(F)(F)F)C1. The van der Waals surface area contributed by atoms with Gasteiger partial charge < -0.3 is 16.0 Å². The van der Waals surface area contributed by atoms with Gasteiger partial charge in [0.2, 0.25) is 11.8 Å². The van der Waals surface area contributed by atoms with Crippen molar-refractivity contribution >= 4 is 17.5 Å². The summed E-state index contributed by atoms with van der Waals surface area (Å²) >= 11 is 0. The molecule has 3 atom stereocenters. The standard InChI is InChI=1S/C21H25F6N3O2/c22-20(23,24)13-5-6-17(15(10-13)21(25,26)27)29-18(31)9-12-7-8-30(11-12)19(32)14-3-1-2-4-16(14)28/h5-6,10,12,14,16H,1-4,7-9,11,28H2,(H,29,31)/t12?,14-,16+/m0/s1. The van der Waals surface area contributed by atoms with Crippen LogP contribution in [0.4, 0.5) is 32.0 Å². The zero-order valence-electron chi connectivity index (χ0n) is 17.2. The molecule has 0 aromatic heterocycles. The maximum Gasteiger partial charge on any atom is 0.418 e. The fourth-order valence-corrected chi connectivity index (χ4v) is 4.43. The van der Waals surface area contributed by atoms with Gasteiger partial charge in [0.05, 0.1) is 22.7 Å². The largest absolute Gasteiger partial charge is 0.418 e. The first-order chi connectivity index (χ1) is 14.9. The van der Waals surface area contributed by atoms with Crippen molar-refractivity contribution in [2.45, 2.75) is 56.9 Å². The van der Waals surface area contributed by atoms with Crippen molar-refractivity contribution in [1.29, 1.82) is 0 Å². The van der Waals surface area contributed by atoms with Gasteiger partial charge in [-0.15, -0.1) is 0 Å². The van der Waals surface area contributed by atoms with E-state index >= 15 is 0 Å². The monoisotopic (exact) mass is 465 g/mol. The number of anilines is 1. The number of nitrogens with two attached hydrogens (primary N) is 1. The Morgan fingerprint density at radius 2 is 1.72 bits per heavy atom. The van der Waals surface area contributed by atoms with E-state index in [1.165, 1.54) is 0 Å². The van der Waals surface area contributed by atoms with Crippen LogP contribution in [0.25, 0.3) is 0 Å². The number of hydrogen-bond donors (Lipinski definition) is 2. The molecule has 1 saturated heterocycles. The van der Waals surface area contributed by atoms with Crippen LogP contribution < -0.4 is 11.1 Å². The fraction of sp³-hybridized carbons (Fsp3) is 0.619. The van der Waals surface area contributed by atoms with Gasteiger partial charge in [-0.1, -0.05) is 12.8 Å². The van der Waals surface area contributed by atoms with Gasteiger partial charge in [0.15, 0.2) is 0 Å². The third-order valence-electron chi connectivity index (χ3n) is 6.13. The summed E-state index contributed by atoms with van der Waals surface area (Å²) in [6.07, 6.45) is -6.22. The summed E-state index contributed by atoms with van der Waals surface area (Å²) in [6, 6.07) is 0.894. The number of halogens is 6. The summed E-state index contributed by atoms with van der Waals surface area (Å²) < 4.78 is 78.1. The molecule has 1 aromatic carbocycles. The molecule has 3 N–H and O–H groups in total. The minimum absolute atomic E-state index is 0.0149. The number of likely N-dealkylation sites (tertiary alicyclic amines) is 1. The van der Waals surface area contributed by atoms with Crippen LogP contribution in [0.1, 0.15) is 49.7 Å². The highest BCUT2D eigenvalue weighted by Gasteiger charge is 2.39. The molecule has 5 nitrogen and oxygen atoms in total. The summed E-state index contributed by atoms with van der Waals surface area (Å²) in [5.41, 5.74) is 2.32. The van der Waals surface area contributed by atoms with Gasteiger partial charge in [-0.2, -0.15) is 26.3 Å². The third-order valence-corrected chi connectivity index (χ3v) is 6.13. The van der Waals surface area contributed by atoms with Crippen molar-refractivity contribution in [1.82, 2.24) is 4.90 Å². The molecule has 178 valence electrons. The van der Waals surface area contributed by atoms with E-state index < -0.39 is 35.1 Å². The highest BCUT2D eigenvalue weighted by atomic mass is 19.4. The molecular weight excluding hydrogens is 440 g/mol. The molecule has 32 heavy (non-hydrogen) atoms. The van der Waals surface area contributed by atoms with E-state index in [9.17, 15) is 35.9 Å². The van der Waals surface area contributed by atoms with E-state index in [0.717, 1.165) is 25.7 Å². The van der Waals surface area contributed by atoms with Gasteiger partial charge in [0.1, 0.15) is 0 Å². The molecule has 2 fully saturated rings. The predicted molar refractivity (Wildman–Crippen MR) is 104 cm³/mol. The highest BCUT2D eigenvalue weighted by molar-refractivity contribution is 5.92. The predicted octanol–water partition coefficient (Wildman–Crippen LogP) is 4.42. The maximum atomic E-state index is 13.2. The van der Waals surface area contributed by atoms with Crippen molar-refractivity contribution in [3.63, 3.8) is 0 Å². The Morgan fingerprint density at radius 1 is 1.03 bits per heavy atom. The number of hydrogen-bond acceptors (Lipinski definition) is 3. The van der Waals surface area contributed by atoms with E-state index in [1.54, 1.807) is 4.90 Å². The normalized spacial score (nSPS) is 24.5. The molecule has 1 unspecified atom stereocenters. The summed E-state index contributed by atoms with van der Waals surface area (Å²) in [5.74, 6) is -1.30. The first kappa shape index (κ1) is 24.3. The lowest BCUT2D eigenvalue weighted by molar-refractivity contribution is -0.142. The molecule has 0 bridgehead atoms. The Kier molecular flexibility index (Phi) is 7.06. The highest BCUT2D eigenvalue weighted by Crippen LogP contribution is 2.39. The molecule has 11 heteroatoms. The molecule has 0 radical (unpaired) electrons. The van der Waals surface area contributed by atoms with Gasteiger partial charge in [-0.3, -0.25) is 9.59 Å². The molecule has 2 aliphatic rings. The third kappa shape index (κ3) is 5.73. The topological polar surface area (TPSA) is 75.4 Å². The number of nitrogens with zero attached hydrogens (tertiary/aromatic N) is 1. The maximum absolute atomic E-state index is 13.2. The van der Waals surface area contributed by atoms with E-state index in [1.807, 2.05) is 0 Å². The Morgan fingerprint density at radius 3 is 2.34 bits per heavy atom. The quantitative estimate of drug-likeness (QED) is 0.647. The van der Waals surface area contributed by atoms with Crippen LogP contribution in [-0.4, -0.2) is 35.8 Å². The van der Waals surface area contributed by atoms with Gasteiger partial charge in [0.25, 0.3) is 0 Å². The Balaban J connectivity index is 1.62. The Bertz CT molecular complexity index is 855. The van der Waals surface area contributed by atoms with Gasteiger partial charge in [-0.25, -0.2) is 0 Å². The number of rotatable bonds is 4. The molecular formula is C21H25F6N3O2. The van der Waals surface area contributed by atoms with Gasteiger partial charge in [-0.05, 0) is 43.4 Å². The molecule has 1 aliphatic carbocycles. The van der Waals surface area contributed by atoms with Crippen LogP contribution in [0.15, 0.2) is 18.2 Å². The van der Waals surface area contributed by atoms with Crippen LogP contribution in [0.3, 0.4) is 0 Å². The first-order valence-electron chi connectivity index (χ1n) is 10.5. The van der Waals surface area contributed by atoms with Crippen molar-refractivity contribution in [2.75, 3.05) is 18.4 Å². The number of benzene rings is 1. The van der Waals surface area contributed by atoms with Gasteiger partial charge >= 0.3 is 12.4 Å². The van der Waals surface area contributed by atoms with Crippen molar-refractivity contribution in [2.24, 2.45) is 17.6 Å². The van der Waals surface area contributed by atoms with Crippen molar-refractivity contribution < 1.29 is 35.9 Å². The molecule has 1 saturated carbocycles. The molecule has 1 aliphatic heterocycles. The summed E-state index contributed by atoms with van der Waals surface area (Å²) in [6.45, 7) is 0.739. The minimum atomic E-state index is -5.07. The number of alkyl halides is 6. The lowest BCUT2D eigenvalue weighted by Gasteiger charge is -2.31. The summed E-state index contributed by atoms with van der Waals surface area (Å²) in [4.78, 5) is 26.7. The molecule has 3 rings (SSSR count). The van der Waals surface area contributed by atoms with Gasteiger partial charge in [0, 0.05) is 25.6 Å². The van der Waals surface area contributed by atoms with Crippen LogP contribution in [-0.2, 0) is 21.9 Å². The number of carbonyl (C=O) groups is 2. The van der Waals surface area contributed by atoms with Crippen molar-refractivity contribution in [3.8, 4) is 0 Å². The van der Waals surface area contributed by atoms with E-state index in [0.29, 0.717) is 31.6 Å². The van der Waals surface area contributed by atoms with Crippen LogP contribution >= 0.6 is 0 Å². The average molecular weight is 465 g/mol. The molecule has 0 spiro atoms. The second-order valence-corrected chi connectivity index (χ2v) is 8.50. The lowest BCUT2D eigenvalue weighted by atomic mass is 9.84. The van der Waals surface area contributed by atoms with Crippen LogP contribution in [0.5, 0.6) is 0 Å². The molecule has 1 heterocycles. The lowest BCUT2D eigenvalue weighted by Crippen LogP contribution is -2.45.